The Morgan fingerprint density at radius 1 is 1.21 bits per heavy atom. The van der Waals surface area contributed by atoms with Crippen LogP contribution < -0.4 is 10.9 Å². The second-order valence-electron chi connectivity index (χ2n) is 6.92. The third-order valence-corrected chi connectivity index (χ3v) is 5.10. The molecule has 4 rings (SSSR count). The number of hydrogen-bond donors (Lipinski definition) is 2. The Balaban J connectivity index is 1.49. The number of alkyl carbamates (subject to hydrolysis) is 1. The fraction of sp³-hybridized carbons (Fsp3) is 0.444. The Labute approximate surface area is 139 Å². The monoisotopic (exact) mass is 327 g/mol. The van der Waals surface area contributed by atoms with Crippen LogP contribution in [0.1, 0.15) is 24.0 Å². The van der Waals surface area contributed by atoms with Gasteiger partial charge in [0.15, 0.2) is 0 Å². The molecular formula is C18H21N3O3. The maximum Gasteiger partial charge on any atom is 0.407 e. The summed E-state index contributed by atoms with van der Waals surface area (Å²) in [6.07, 6.45) is 1.29. The number of carbonyl (C=O) groups excluding carboxylic acids is 1. The topological polar surface area (TPSA) is 74.4 Å². The lowest BCUT2D eigenvalue weighted by Crippen LogP contribution is -2.46. The van der Waals surface area contributed by atoms with Gasteiger partial charge in [-0.3, -0.25) is 9.69 Å². The number of aromatic amines is 1. The molecule has 2 aliphatic heterocycles. The van der Waals surface area contributed by atoms with Crippen LogP contribution in [0.5, 0.6) is 0 Å². The summed E-state index contributed by atoms with van der Waals surface area (Å²) >= 11 is 0. The maximum absolute atomic E-state index is 12.3. The van der Waals surface area contributed by atoms with E-state index in [4.69, 9.17) is 4.74 Å². The van der Waals surface area contributed by atoms with Crippen molar-refractivity contribution in [3.63, 3.8) is 0 Å². The SMILES string of the molecule is Cc1ccc2cc(CN3CCC4(CC3)CNC(=O)O4)c(=O)[nH]c2c1. The molecule has 2 aliphatic rings. The number of fused-ring (bicyclic) bond motifs is 1. The number of piperidine rings is 1. The quantitative estimate of drug-likeness (QED) is 0.884. The second kappa shape index (κ2) is 5.63. The first kappa shape index (κ1) is 15.2. The first-order valence-electron chi connectivity index (χ1n) is 8.35. The van der Waals surface area contributed by atoms with Crippen molar-refractivity contribution in [1.82, 2.24) is 15.2 Å². The van der Waals surface area contributed by atoms with Gasteiger partial charge in [0.1, 0.15) is 5.60 Å². The van der Waals surface area contributed by atoms with Gasteiger partial charge in [-0.05, 0) is 30.0 Å². The minimum atomic E-state index is -0.346. The van der Waals surface area contributed by atoms with Crippen molar-refractivity contribution >= 4 is 17.0 Å². The van der Waals surface area contributed by atoms with Gasteiger partial charge in [0.2, 0.25) is 0 Å². The molecule has 1 aromatic heterocycles. The third-order valence-electron chi connectivity index (χ3n) is 5.10. The Bertz CT molecular complexity index is 850. The molecule has 6 heteroatoms. The van der Waals surface area contributed by atoms with Crippen LogP contribution >= 0.6 is 0 Å². The van der Waals surface area contributed by atoms with Crippen LogP contribution in [0.2, 0.25) is 0 Å². The Morgan fingerprint density at radius 3 is 2.71 bits per heavy atom. The summed E-state index contributed by atoms with van der Waals surface area (Å²) in [7, 11) is 0. The Hall–Kier alpha value is -2.34. The van der Waals surface area contributed by atoms with Crippen molar-refractivity contribution in [3.05, 3.63) is 45.7 Å². The molecule has 1 aromatic carbocycles. The van der Waals surface area contributed by atoms with Crippen molar-refractivity contribution in [2.24, 2.45) is 0 Å². The average Bonchev–Trinajstić information content (AvgIpc) is 2.91. The molecular weight excluding hydrogens is 306 g/mol. The van der Waals surface area contributed by atoms with Crippen LogP contribution in [0.15, 0.2) is 29.1 Å². The van der Waals surface area contributed by atoms with Crippen LogP contribution in [-0.2, 0) is 11.3 Å². The Kier molecular flexibility index (Phi) is 3.57. The van der Waals surface area contributed by atoms with E-state index in [2.05, 4.69) is 21.3 Å². The number of nitrogens with zero attached hydrogens (tertiary/aromatic N) is 1. The summed E-state index contributed by atoms with van der Waals surface area (Å²) < 4.78 is 5.44. The molecule has 0 atom stereocenters. The van der Waals surface area contributed by atoms with Crippen LogP contribution in [0.3, 0.4) is 0 Å². The van der Waals surface area contributed by atoms with Gasteiger partial charge in [-0.1, -0.05) is 12.1 Å². The zero-order chi connectivity index (χ0) is 16.7. The van der Waals surface area contributed by atoms with Crippen molar-refractivity contribution in [2.45, 2.75) is 31.9 Å². The first-order chi connectivity index (χ1) is 11.5. The van der Waals surface area contributed by atoms with E-state index in [0.717, 1.165) is 48.0 Å². The van der Waals surface area contributed by atoms with Crippen LogP contribution in [0, 0.1) is 6.92 Å². The minimum Gasteiger partial charge on any atom is -0.441 e. The largest absolute Gasteiger partial charge is 0.441 e. The van der Waals surface area contributed by atoms with Crippen LogP contribution in [0.25, 0.3) is 10.9 Å². The number of likely N-dealkylation sites (tertiary alicyclic amines) is 1. The number of pyridine rings is 1. The second-order valence-corrected chi connectivity index (χ2v) is 6.92. The van der Waals surface area contributed by atoms with E-state index < -0.39 is 0 Å². The van der Waals surface area contributed by atoms with E-state index in [-0.39, 0.29) is 17.3 Å². The fourth-order valence-electron chi connectivity index (χ4n) is 3.62. The van der Waals surface area contributed by atoms with E-state index in [0.29, 0.717) is 13.1 Å². The summed E-state index contributed by atoms with van der Waals surface area (Å²) in [5.74, 6) is 0. The zero-order valence-corrected chi connectivity index (χ0v) is 13.7. The summed E-state index contributed by atoms with van der Waals surface area (Å²) in [6, 6.07) is 8.07. The molecule has 6 nitrogen and oxygen atoms in total. The van der Waals surface area contributed by atoms with Gasteiger partial charge in [0.25, 0.3) is 5.56 Å². The van der Waals surface area contributed by atoms with Gasteiger partial charge < -0.3 is 15.0 Å². The number of ether oxygens (including phenoxy) is 1. The van der Waals surface area contributed by atoms with E-state index in [1.807, 2.05) is 25.1 Å². The summed E-state index contributed by atoms with van der Waals surface area (Å²) in [6.45, 7) is 4.87. The number of rotatable bonds is 2. The van der Waals surface area contributed by atoms with Gasteiger partial charge >= 0.3 is 6.09 Å². The van der Waals surface area contributed by atoms with Crippen molar-refractivity contribution in [1.29, 1.82) is 0 Å². The highest BCUT2D eigenvalue weighted by molar-refractivity contribution is 5.79. The lowest BCUT2D eigenvalue weighted by atomic mass is 9.91. The molecule has 2 aromatic rings. The molecule has 0 unspecified atom stereocenters. The average molecular weight is 327 g/mol. The van der Waals surface area contributed by atoms with E-state index in [1.165, 1.54) is 0 Å². The molecule has 0 radical (unpaired) electrons. The van der Waals surface area contributed by atoms with Gasteiger partial charge in [0.05, 0.1) is 6.54 Å². The Morgan fingerprint density at radius 2 is 2.00 bits per heavy atom. The van der Waals surface area contributed by atoms with Gasteiger partial charge in [-0.2, -0.15) is 0 Å². The number of nitrogens with one attached hydrogen (secondary N) is 2. The fourth-order valence-corrected chi connectivity index (χ4v) is 3.62. The smallest absolute Gasteiger partial charge is 0.407 e. The van der Waals surface area contributed by atoms with E-state index >= 15 is 0 Å². The third kappa shape index (κ3) is 2.78. The minimum absolute atomic E-state index is 0.0256. The zero-order valence-electron chi connectivity index (χ0n) is 13.7. The highest BCUT2D eigenvalue weighted by atomic mass is 16.6. The molecule has 2 fully saturated rings. The predicted octanol–water partition coefficient (Wildman–Crippen LogP) is 1.91. The summed E-state index contributed by atoms with van der Waals surface area (Å²) in [4.78, 5) is 28.9. The number of H-pyrrole nitrogens is 1. The van der Waals surface area contributed by atoms with Gasteiger partial charge in [-0.15, -0.1) is 0 Å². The first-order valence-corrected chi connectivity index (χ1v) is 8.35. The molecule has 0 saturated carbocycles. The number of benzene rings is 1. The standard InChI is InChI=1S/C18H21N3O3/c1-12-2-3-13-9-14(16(22)20-15(13)8-12)10-21-6-4-18(5-7-21)11-19-17(23)24-18/h2-3,8-9H,4-7,10-11H2,1H3,(H,19,23)(H,20,22). The van der Waals surface area contributed by atoms with Gasteiger partial charge in [0, 0.05) is 43.6 Å². The highest BCUT2D eigenvalue weighted by Crippen LogP contribution is 2.29. The normalized spacial score (nSPS) is 20.3. The van der Waals surface area contributed by atoms with Crippen molar-refractivity contribution in [2.75, 3.05) is 19.6 Å². The number of amides is 1. The molecule has 2 N–H and O–H groups in total. The molecule has 1 amide bonds. The molecule has 2 saturated heterocycles. The molecule has 0 aliphatic carbocycles. The van der Waals surface area contributed by atoms with Crippen LogP contribution in [-0.4, -0.2) is 41.2 Å². The molecule has 24 heavy (non-hydrogen) atoms. The molecule has 1 spiro atoms. The number of carbonyl (C=O) groups is 1. The summed E-state index contributed by atoms with van der Waals surface area (Å²) in [5.41, 5.74) is 2.42. The predicted molar refractivity (Wildman–Crippen MR) is 91.0 cm³/mol. The highest BCUT2D eigenvalue weighted by Gasteiger charge is 2.42. The van der Waals surface area contributed by atoms with Crippen molar-refractivity contribution in [3.8, 4) is 0 Å². The van der Waals surface area contributed by atoms with Gasteiger partial charge in [-0.25, -0.2) is 4.79 Å². The number of hydrogen-bond acceptors (Lipinski definition) is 4. The number of aromatic nitrogens is 1. The molecule has 3 heterocycles. The summed E-state index contributed by atoms with van der Waals surface area (Å²) in [5, 5.41) is 3.80. The van der Waals surface area contributed by atoms with E-state index in [1.54, 1.807) is 0 Å². The maximum atomic E-state index is 12.3. The molecule has 126 valence electrons. The lowest BCUT2D eigenvalue weighted by molar-refractivity contribution is -0.00108. The lowest BCUT2D eigenvalue weighted by Gasteiger charge is -2.37. The van der Waals surface area contributed by atoms with Crippen LogP contribution in [0.4, 0.5) is 4.79 Å². The van der Waals surface area contributed by atoms with E-state index in [9.17, 15) is 9.59 Å². The van der Waals surface area contributed by atoms with Crippen molar-refractivity contribution < 1.29 is 9.53 Å². The molecule has 0 bridgehead atoms. The number of aryl methyl sites for hydroxylation is 1.